The Hall–Kier alpha value is -1.07. The molecule has 1 aliphatic heterocycles. The lowest BCUT2D eigenvalue weighted by molar-refractivity contribution is 0.0999. The van der Waals surface area contributed by atoms with E-state index in [4.69, 9.17) is 11.5 Å². The molecule has 4 N–H and O–H groups in total. The SMILES string of the molecule is CC(C)N1CCc2c(sc(N)c2C(N)=O)C1. The Morgan fingerprint density at radius 3 is 2.75 bits per heavy atom. The van der Waals surface area contributed by atoms with Crippen LogP contribution in [0.3, 0.4) is 0 Å². The van der Waals surface area contributed by atoms with Crippen LogP contribution in [-0.2, 0) is 13.0 Å². The molecule has 0 unspecified atom stereocenters. The number of amides is 1. The van der Waals surface area contributed by atoms with Gasteiger partial charge in [-0.1, -0.05) is 0 Å². The molecule has 0 aliphatic carbocycles. The highest BCUT2D eigenvalue weighted by atomic mass is 32.1. The second-order valence-corrected chi connectivity index (χ2v) is 5.56. The first kappa shape index (κ1) is 11.4. The van der Waals surface area contributed by atoms with Crippen LogP contribution >= 0.6 is 11.3 Å². The Kier molecular flexibility index (Phi) is 2.90. The predicted octanol–water partition coefficient (Wildman–Crippen LogP) is 1.20. The molecule has 0 radical (unpaired) electrons. The molecule has 1 aromatic rings. The summed E-state index contributed by atoms with van der Waals surface area (Å²) in [7, 11) is 0. The molecule has 1 aliphatic rings. The van der Waals surface area contributed by atoms with Gasteiger partial charge in [0.2, 0.25) is 0 Å². The van der Waals surface area contributed by atoms with Gasteiger partial charge in [-0.15, -0.1) is 11.3 Å². The maximum Gasteiger partial charge on any atom is 0.251 e. The van der Waals surface area contributed by atoms with E-state index in [0.29, 0.717) is 16.6 Å². The molecule has 1 amide bonds. The van der Waals surface area contributed by atoms with Crippen molar-refractivity contribution >= 4 is 22.2 Å². The molecule has 0 spiro atoms. The average molecular weight is 239 g/mol. The van der Waals surface area contributed by atoms with Gasteiger partial charge >= 0.3 is 0 Å². The first-order valence-corrected chi connectivity index (χ1v) is 6.26. The molecule has 0 bridgehead atoms. The third-order valence-electron chi connectivity index (χ3n) is 3.09. The van der Waals surface area contributed by atoms with Gasteiger partial charge in [-0.3, -0.25) is 9.69 Å². The van der Waals surface area contributed by atoms with Gasteiger partial charge in [-0.05, 0) is 25.8 Å². The number of fused-ring (bicyclic) bond motifs is 1. The minimum Gasteiger partial charge on any atom is -0.390 e. The van der Waals surface area contributed by atoms with Crippen molar-refractivity contribution in [2.45, 2.75) is 32.9 Å². The van der Waals surface area contributed by atoms with Crippen LogP contribution in [0.4, 0.5) is 5.00 Å². The van der Waals surface area contributed by atoms with Crippen molar-refractivity contribution in [2.24, 2.45) is 5.73 Å². The number of carbonyl (C=O) groups excluding carboxylic acids is 1. The van der Waals surface area contributed by atoms with Crippen LogP contribution < -0.4 is 11.5 Å². The lowest BCUT2D eigenvalue weighted by atomic mass is 10.0. The molecule has 2 heterocycles. The van der Waals surface area contributed by atoms with Crippen LogP contribution in [0.1, 0.15) is 34.6 Å². The Labute approximate surface area is 99.2 Å². The van der Waals surface area contributed by atoms with Crippen LogP contribution in [-0.4, -0.2) is 23.4 Å². The summed E-state index contributed by atoms with van der Waals surface area (Å²) >= 11 is 1.50. The van der Waals surface area contributed by atoms with Gasteiger partial charge in [-0.2, -0.15) is 0 Å². The lowest BCUT2D eigenvalue weighted by Gasteiger charge is -2.30. The van der Waals surface area contributed by atoms with E-state index in [1.54, 1.807) is 0 Å². The summed E-state index contributed by atoms with van der Waals surface area (Å²) in [5.74, 6) is -0.395. The second kappa shape index (κ2) is 4.07. The van der Waals surface area contributed by atoms with Gasteiger partial charge in [0.05, 0.1) is 10.6 Å². The minimum atomic E-state index is -0.395. The number of primary amides is 1. The number of hydrogen-bond acceptors (Lipinski definition) is 4. The fourth-order valence-corrected chi connectivity index (χ4v) is 3.30. The first-order chi connectivity index (χ1) is 7.50. The van der Waals surface area contributed by atoms with Crippen LogP contribution in [0.5, 0.6) is 0 Å². The van der Waals surface area contributed by atoms with Crippen molar-refractivity contribution in [3.8, 4) is 0 Å². The van der Waals surface area contributed by atoms with Crippen molar-refractivity contribution in [3.05, 3.63) is 16.0 Å². The molecule has 16 heavy (non-hydrogen) atoms. The van der Waals surface area contributed by atoms with E-state index >= 15 is 0 Å². The molecule has 1 aromatic heterocycles. The Morgan fingerprint density at radius 2 is 2.19 bits per heavy atom. The standard InChI is InChI=1S/C11H17N3OS/c1-6(2)14-4-3-7-8(5-14)16-11(13)9(7)10(12)15/h6H,3-5,13H2,1-2H3,(H2,12,15). The highest BCUT2D eigenvalue weighted by molar-refractivity contribution is 7.16. The third-order valence-corrected chi connectivity index (χ3v) is 4.14. The molecule has 0 saturated heterocycles. The van der Waals surface area contributed by atoms with Gasteiger partial charge < -0.3 is 11.5 Å². The molecular formula is C11H17N3OS. The zero-order valence-electron chi connectivity index (χ0n) is 9.62. The third kappa shape index (κ3) is 1.81. The highest BCUT2D eigenvalue weighted by Crippen LogP contribution is 2.35. The number of rotatable bonds is 2. The van der Waals surface area contributed by atoms with Crippen molar-refractivity contribution < 1.29 is 4.79 Å². The first-order valence-electron chi connectivity index (χ1n) is 5.44. The number of nitrogen functional groups attached to an aromatic ring is 1. The van der Waals surface area contributed by atoms with Crippen molar-refractivity contribution in [3.63, 3.8) is 0 Å². The number of anilines is 1. The van der Waals surface area contributed by atoms with Gasteiger partial charge in [-0.25, -0.2) is 0 Å². The number of hydrogen-bond donors (Lipinski definition) is 2. The molecule has 0 atom stereocenters. The van der Waals surface area contributed by atoms with Crippen LogP contribution in [0.25, 0.3) is 0 Å². The van der Waals surface area contributed by atoms with Gasteiger partial charge in [0.25, 0.3) is 5.91 Å². The largest absolute Gasteiger partial charge is 0.390 e. The summed E-state index contributed by atoms with van der Waals surface area (Å²) in [6.45, 7) is 6.21. The highest BCUT2D eigenvalue weighted by Gasteiger charge is 2.26. The smallest absolute Gasteiger partial charge is 0.251 e. The van der Waals surface area contributed by atoms with Crippen LogP contribution in [0.15, 0.2) is 0 Å². The van der Waals surface area contributed by atoms with E-state index in [1.165, 1.54) is 16.2 Å². The molecule has 88 valence electrons. The Bertz CT molecular complexity index is 425. The van der Waals surface area contributed by atoms with Crippen molar-refractivity contribution in [2.75, 3.05) is 12.3 Å². The summed E-state index contributed by atoms with van der Waals surface area (Å²) in [5.41, 5.74) is 12.8. The lowest BCUT2D eigenvalue weighted by Crippen LogP contribution is -2.35. The summed E-state index contributed by atoms with van der Waals surface area (Å²) in [4.78, 5) is 14.9. The molecule has 4 nitrogen and oxygen atoms in total. The molecule has 0 aromatic carbocycles. The summed E-state index contributed by atoms with van der Waals surface area (Å²) < 4.78 is 0. The van der Waals surface area contributed by atoms with E-state index < -0.39 is 5.91 Å². The van der Waals surface area contributed by atoms with Gasteiger partial charge in [0.15, 0.2) is 0 Å². The molecule has 0 fully saturated rings. The normalized spacial score (nSPS) is 16.4. The van der Waals surface area contributed by atoms with E-state index in [-0.39, 0.29) is 0 Å². The maximum atomic E-state index is 11.3. The zero-order chi connectivity index (χ0) is 11.9. The minimum absolute atomic E-state index is 0.395. The van der Waals surface area contributed by atoms with Gasteiger partial charge in [0.1, 0.15) is 0 Å². The van der Waals surface area contributed by atoms with Crippen molar-refractivity contribution in [1.29, 1.82) is 0 Å². The monoisotopic (exact) mass is 239 g/mol. The van der Waals surface area contributed by atoms with Gasteiger partial charge in [0, 0.05) is 24.0 Å². The van der Waals surface area contributed by atoms with E-state index in [9.17, 15) is 4.79 Å². The Morgan fingerprint density at radius 1 is 1.50 bits per heavy atom. The topological polar surface area (TPSA) is 72.3 Å². The van der Waals surface area contributed by atoms with E-state index in [0.717, 1.165) is 25.1 Å². The Balaban J connectivity index is 2.35. The zero-order valence-corrected chi connectivity index (χ0v) is 10.4. The molecule has 2 rings (SSSR count). The number of thiophene rings is 1. The maximum absolute atomic E-state index is 11.3. The fraction of sp³-hybridized carbons (Fsp3) is 0.545. The molecular weight excluding hydrogens is 222 g/mol. The van der Waals surface area contributed by atoms with Crippen LogP contribution in [0.2, 0.25) is 0 Å². The summed E-state index contributed by atoms with van der Waals surface area (Å²) in [5, 5.41) is 0.572. The number of carbonyl (C=O) groups is 1. The predicted molar refractivity (Wildman–Crippen MR) is 66.5 cm³/mol. The van der Waals surface area contributed by atoms with Crippen LogP contribution in [0, 0.1) is 0 Å². The van der Waals surface area contributed by atoms with Crippen molar-refractivity contribution in [1.82, 2.24) is 4.90 Å². The quantitative estimate of drug-likeness (QED) is 0.814. The average Bonchev–Trinajstić information content (AvgIpc) is 2.51. The summed E-state index contributed by atoms with van der Waals surface area (Å²) in [6.07, 6.45) is 0.874. The fourth-order valence-electron chi connectivity index (χ4n) is 2.16. The molecule has 5 heteroatoms. The van der Waals surface area contributed by atoms with E-state index in [2.05, 4.69) is 18.7 Å². The van der Waals surface area contributed by atoms with E-state index in [1.807, 2.05) is 0 Å². The number of nitrogens with two attached hydrogens (primary N) is 2. The summed E-state index contributed by atoms with van der Waals surface area (Å²) in [6, 6.07) is 0.522. The number of nitrogens with zero attached hydrogens (tertiary/aromatic N) is 1. The molecule has 0 saturated carbocycles. The second-order valence-electron chi connectivity index (χ2n) is 4.42.